The van der Waals surface area contributed by atoms with E-state index in [2.05, 4.69) is 47.2 Å². The summed E-state index contributed by atoms with van der Waals surface area (Å²) in [6.07, 6.45) is 0. The standard InChI is InChI=1S/C17H19BrFN/c1-12(2)17(13-6-4-3-5-7-13)20-11-14-8-9-15(18)10-16(14)19/h3-10,12,17,20H,11H2,1-2H3. The summed E-state index contributed by atoms with van der Waals surface area (Å²) in [5, 5.41) is 3.46. The molecule has 1 nitrogen and oxygen atoms in total. The third-order valence-corrected chi connectivity index (χ3v) is 3.85. The minimum Gasteiger partial charge on any atom is -0.306 e. The van der Waals surface area contributed by atoms with Crippen molar-refractivity contribution >= 4 is 15.9 Å². The largest absolute Gasteiger partial charge is 0.306 e. The van der Waals surface area contributed by atoms with Crippen molar-refractivity contribution in [2.75, 3.05) is 0 Å². The molecule has 0 saturated heterocycles. The van der Waals surface area contributed by atoms with Gasteiger partial charge in [0.05, 0.1) is 0 Å². The molecule has 1 unspecified atom stereocenters. The third-order valence-electron chi connectivity index (χ3n) is 3.35. The van der Waals surface area contributed by atoms with Crippen molar-refractivity contribution in [1.29, 1.82) is 0 Å². The van der Waals surface area contributed by atoms with Crippen molar-refractivity contribution in [3.63, 3.8) is 0 Å². The van der Waals surface area contributed by atoms with Crippen molar-refractivity contribution < 1.29 is 4.39 Å². The van der Waals surface area contributed by atoms with E-state index in [0.717, 1.165) is 4.47 Å². The number of benzene rings is 2. The quantitative estimate of drug-likeness (QED) is 0.803. The topological polar surface area (TPSA) is 12.0 Å². The molecule has 0 aliphatic heterocycles. The fourth-order valence-electron chi connectivity index (χ4n) is 2.28. The van der Waals surface area contributed by atoms with E-state index in [1.807, 2.05) is 30.3 Å². The fraction of sp³-hybridized carbons (Fsp3) is 0.294. The summed E-state index contributed by atoms with van der Waals surface area (Å²) in [4.78, 5) is 0. The molecule has 0 aliphatic carbocycles. The summed E-state index contributed by atoms with van der Waals surface area (Å²) in [6, 6.07) is 15.7. The van der Waals surface area contributed by atoms with Crippen LogP contribution < -0.4 is 5.32 Å². The number of nitrogens with one attached hydrogen (secondary N) is 1. The van der Waals surface area contributed by atoms with Crippen LogP contribution in [0.25, 0.3) is 0 Å². The number of rotatable bonds is 5. The Labute approximate surface area is 128 Å². The predicted octanol–water partition coefficient (Wildman–Crippen LogP) is 5.08. The maximum Gasteiger partial charge on any atom is 0.128 e. The molecule has 2 aromatic carbocycles. The molecule has 0 heterocycles. The van der Waals surface area contributed by atoms with Crippen LogP contribution >= 0.6 is 15.9 Å². The lowest BCUT2D eigenvalue weighted by Crippen LogP contribution is -2.25. The Kier molecular flexibility index (Phi) is 5.32. The lowest BCUT2D eigenvalue weighted by atomic mass is 9.96. The van der Waals surface area contributed by atoms with Crippen LogP contribution in [0.1, 0.15) is 31.0 Å². The van der Waals surface area contributed by atoms with Gasteiger partial charge in [0, 0.05) is 22.6 Å². The van der Waals surface area contributed by atoms with E-state index in [9.17, 15) is 4.39 Å². The lowest BCUT2D eigenvalue weighted by Gasteiger charge is -2.23. The summed E-state index contributed by atoms with van der Waals surface area (Å²) in [7, 11) is 0. The van der Waals surface area contributed by atoms with E-state index in [4.69, 9.17) is 0 Å². The highest BCUT2D eigenvalue weighted by Crippen LogP contribution is 2.22. The van der Waals surface area contributed by atoms with Crippen LogP contribution in [-0.4, -0.2) is 0 Å². The second-order valence-electron chi connectivity index (χ2n) is 5.25. The van der Waals surface area contributed by atoms with Gasteiger partial charge in [-0.1, -0.05) is 66.2 Å². The number of hydrogen-bond donors (Lipinski definition) is 1. The van der Waals surface area contributed by atoms with Crippen molar-refractivity contribution in [2.45, 2.75) is 26.4 Å². The maximum absolute atomic E-state index is 13.8. The third kappa shape index (κ3) is 3.90. The predicted molar refractivity (Wildman–Crippen MR) is 85.0 cm³/mol. The molecule has 0 radical (unpaired) electrons. The fourth-order valence-corrected chi connectivity index (χ4v) is 2.62. The van der Waals surface area contributed by atoms with E-state index in [1.54, 1.807) is 0 Å². The molecule has 0 amide bonds. The van der Waals surface area contributed by atoms with Gasteiger partial charge in [-0.15, -0.1) is 0 Å². The molecule has 0 aliphatic rings. The van der Waals surface area contributed by atoms with E-state index in [-0.39, 0.29) is 11.9 Å². The van der Waals surface area contributed by atoms with Gasteiger partial charge in [-0.05, 0) is 23.6 Å². The molecule has 0 aromatic heterocycles. The van der Waals surface area contributed by atoms with Gasteiger partial charge in [-0.25, -0.2) is 4.39 Å². The average molecular weight is 336 g/mol. The normalized spacial score (nSPS) is 12.7. The van der Waals surface area contributed by atoms with Gasteiger partial charge in [0.2, 0.25) is 0 Å². The van der Waals surface area contributed by atoms with Gasteiger partial charge in [0.1, 0.15) is 5.82 Å². The Morgan fingerprint density at radius 2 is 1.80 bits per heavy atom. The monoisotopic (exact) mass is 335 g/mol. The van der Waals surface area contributed by atoms with Gasteiger partial charge in [0.25, 0.3) is 0 Å². The molecular weight excluding hydrogens is 317 g/mol. The van der Waals surface area contributed by atoms with Crippen LogP contribution in [-0.2, 0) is 6.54 Å². The van der Waals surface area contributed by atoms with Crippen LogP contribution in [0.3, 0.4) is 0 Å². The second-order valence-corrected chi connectivity index (χ2v) is 6.16. The van der Waals surface area contributed by atoms with Gasteiger partial charge < -0.3 is 5.32 Å². The zero-order chi connectivity index (χ0) is 14.5. The Hall–Kier alpha value is -1.19. The number of halogens is 2. The van der Waals surface area contributed by atoms with Crippen molar-refractivity contribution in [2.24, 2.45) is 5.92 Å². The molecule has 1 N–H and O–H groups in total. The summed E-state index contributed by atoms with van der Waals surface area (Å²) in [5.74, 6) is 0.262. The Morgan fingerprint density at radius 1 is 1.10 bits per heavy atom. The molecule has 106 valence electrons. The van der Waals surface area contributed by atoms with Crippen LogP contribution in [0.2, 0.25) is 0 Å². The minimum absolute atomic E-state index is 0.178. The molecule has 0 fully saturated rings. The van der Waals surface area contributed by atoms with E-state index in [1.165, 1.54) is 11.6 Å². The van der Waals surface area contributed by atoms with Crippen LogP contribution in [0.5, 0.6) is 0 Å². The minimum atomic E-state index is -0.178. The van der Waals surface area contributed by atoms with Crippen LogP contribution in [0.15, 0.2) is 53.0 Å². The van der Waals surface area contributed by atoms with Crippen molar-refractivity contribution in [3.05, 3.63) is 69.9 Å². The number of hydrogen-bond acceptors (Lipinski definition) is 1. The molecule has 3 heteroatoms. The molecule has 2 rings (SSSR count). The van der Waals surface area contributed by atoms with E-state index < -0.39 is 0 Å². The maximum atomic E-state index is 13.8. The van der Waals surface area contributed by atoms with Gasteiger partial charge in [-0.2, -0.15) is 0 Å². The van der Waals surface area contributed by atoms with Gasteiger partial charge in [-0.3, -0.25) is 0 Å². The molecule has 0 saturated carbocycles. The molecule has 1 atom stereocenters. The van der Waals surface area contributed by atoms with Crippen molar-refractivity contribution in [3.8, 4) is 0 Å². The Balaban J connectivity index is 2.10. The smallest absolute Gasteiger partial charge is 0.128 e. The molecule has 0 spiro atoms. The summed E-state index contributed by atoms with van der Waals surface area (Å²) < 4.78 is 14.6. The highest BCUT2D eigenvalue weighted by atomic mass is 79.9. The first-order valence-electron chi connectivity index (χ1n) is 6.80. The second kappa shape index (κ2) is 7.00. The van der Waals surface area contributed by atoms with Crippen LogP contribution in [0, 0.1) is 11.7 Å². The first-order chi connectivity index (χ1) is 9.58. The van der Waals surface area contributed by atoms with E-state index >= 15 is 0 Å². The first kappa shape index (κ1) is 15.2. The van der Waals surface area contributed by atoms with E-state index in [0.29, 0.717) is 18.0 Å². The SMILES string of the molecule is CC(C)C(NCc1ccc(Br)cc1F)c1ccccc1. The Morgan fingerprint density at radius 3 is 2.40 bits per heavy atom. The summed E-state index contributed by atoms with van der Waals surface area (Å²) in [5.41, 5.74) is 1.93. The zero-order valence-corrected chi connectivity index (χ0v) is 13.3. The summed E-state index contributed by atoms with van der Waals surface area (Å²) in [6.45, 7) is 4.86. The van der Waals surface area contributed by atoms with Crippen LogP contribution in [0.4, 0.5) is 4.39 Å². The highest BCUT2D eigenvalue weighted by Gasteiger charge is 2.15. The zero-order valence-electron chi connectivity index (χ0n) is 11.7. The molecule has 2 aromatic rings. The van der Waals surface area contributed by atoms with Gasteiger partial charge in [0.15, 0.2) is 0 Å². The Bertz CT molecular complexity index is 554. The molecule has 0 bridgehead atoms. The highest BCUT2D eigenvalue weighted by molar-refractivity contribution is 9.10. The average Bonchev–Trinajstić information content (AvgIpc) is 2.42. The molecule has 20 heavy (non-hydrogen) atoms. The molecular formula is C17H19BrFN. The first-order valence-corrected chi connectivity index (χ1v) is 7.59. The lowest BCUT2D eigenvalue weighted by molar-refractivity contribution is 0.406. The summed E-state index contributed by atoms with van der Waals surface area (Å²) >= 11 is 3.28. The van der Waals surface area contributed by atoms with Gasteiger partial charge >= 0.3 is 0 Å². The van der Waals surface area contributed by atoms with Crippen molar-refractivity contribution in [1.82, 2.24) is 5.32 Å².